The number of allylic oxidation sites excluding steroid dienone is 1. The molecular weight excluding hydrogens is 320 g/mol. The minimum atomic E-state index is -0.402. The number of ether oxygens (including phenoxy) is 4. The summed E-state index contributed by atoms with van der Waals surface area (Å²) >= 11 is 0. The van der Waals surface area contributed by atoms with Gasteiger partial charge in [-0.15, -0.1) is 0 Å². The van der Waals surface area contributed by atoms with Crippen molar-refractivity contribution >= 4 is 0 Å². The van der Waals surface area contributed by atoms with Crippen molar-refractivity contribution in [2.24, 2.45) is 5.73 Å². The Morgan fingerprint density at radius 2 is 1.60 bits per heavy atom. The van der Waals surface area contributed by atoms with Gasteiger partial charge in [0.1, 0.15) is 34.6 Å². The smallest absolute Gasteiger partial charge is 0.205 e. The van der Waals surface area contributed by atoms with Crippen LogP contribution in [0.3, 0.4) is 0 Å². The van der Waals surface area contributed by atoms with E-state index in [9.17, 15) is 5.26 Å². The molecule has 0 fully saturated rings. The highest BCUT2D eigenvalue weighted by Gasteiger charge is 2.32. The zero-order valence-corrected chi connectivity index (χ0v) is 14.2. The number of nitriles is 1. The van der Waals surface area contributed by atoms with Crippen molar-refractivity contribution in [3.8, 4) is 29.1 Å². The fraction of sp³-hybridized carbons (Fsp3) is 0.211. The molecular formula is C19H18N2O4. The molecule has 6 nitrogen and oxygen atoms in total. The second-order valence-corrected chi connectivity index (χ2v) is 5.44. The van der Waals surface area contributed by atoms with Gasteiger partial charge in [-0.3, -0.25) is 0 Å². The van der Waals surface area contributed by atoms with E-state index in [1.807, 2.05) is 24.3 Å². The van der Waals surface area contributed by atoms with Gasteiger partial charge in [0.15, 0.2) is 0 Å². The zero-order valence-electron chi connectivity index (χ0n) is 14.2. The first-order valence-corrected chi connectivity index (χ1v) is 7.60. The number of rotatable bonds is 4. The van der Waals surface area contributed by atoms with Gasteiger partial charge in [-0.05, 0) is 12.1 Å². The maximum Gasteiger partial charge on any atom is 0.205 e. The molecule has 0 bridgehead atoms. The van der Waals surface area contributed by atoms with E-state index in [1.165, 1.54) is 0 Å². The van der Waals surface area contributed by atoms with E-state index in [4.69, 9.17) is 24.7 Å². The van der Waals surface area contributed by atoms with Gasteiger partial charge >= 0.3 is 0 Å². The summed E-state index contributed by atoms with van der Waals surface area (Å²) < 4.78 is 21.6. The summed E-state index contributed by atoms with van der Waals surface area (Å²) in [7, 11) is 4.74. The number of hydrogen-bond donors (Lipinski definition) is 1. The zero-order chi connectivity index (χ0) is 18.0. The summed E-state index contributed by atoms with van der Waals surface area (Å²) in [5, 5.41) is 9.63. The van der Waals surface area contributed by atoms with Gasteiger partial charge in [0, 0.05) is 23.3 Å². The van der Waals surface area contributed by atoms with Crippen molar-refractivity contribution in [2.45, 2.75) is 5.92 Å². The fourth-order valence-corrected chi connectivity index (χ4v) is 2.94. The van der Waals surface area contributed by atoms with Gasteiger partial charge in [0.25, 0.3) is 0 Å². The summed E-state index contributed by atoms with van der Waals surface area (Å²) in [4.78, 5) is 0. The van der Waals surface area contributed by atoms with Crippen molar-refractivity contribution in [1.29, 1.82) is 5.26 Å². The highest BCUT2D eigenvalue weighted by atomic mass is 16.5. The van der Waals surface area contributed by atoms with Crippen molar-refractivity contribution in [3.05, 3.63) is 59.0 Å². The maximum absolute atomic E-state index is 9.63. The molecule has 0 amide bonds. The molecule has 0 aromatic heterocycles. The molecule has 0 unspecified atom stereocenters. The van der Waals surface area contributed by atoms with E-state index in [0.717, 1.165) is 11.1 Å². The number of hydrogen-bond acceptors (Lipinski definition) is 6. The lowest BCUT2D eigenvalue weighted by Gasteiger charge is -2.27. The van der Waals surface area contributed by atoms with Crippen LogP contribution in [0.4, 0.5) is 0 Å². The second-order valence-electron chi connectivity index (χ2n) is 5.44. The fourth-order valence-electron chi connectivity index (χ4n) is 2.94. The van der Waals surface area contributed by atoms with Crippen LogP contribution in [-0.4, -0.2) is 21.3 Å². The van der Waals surface area contributed by atoms with Gasteiger partial charge in [0.2, 0.25) is 5.88 Å². The van der Waals surface area contributed by atoms with E-state index >= 15 is 0 Å². The largest absolute Gasteiger partial charge is 0.497 e. The molecule has 2 N–H and O–H groups in total. The third kappa shape index (κ3) is 2.81. The summed E-state index contributed by atoms with van der Waals surface area (Å²) in [5.74, 6) is 2.14. The first-order chi connectivity index (χ1) is 12.1. The van der Waals surface area contributed by atoms with Crippen LogP contribution < -0.4 is 24.7 Å². The van der Waals surface area contributed by atoms with Crippen LogP contribution in [0.2, 0.25) is 0 Å². The Kier molecular flexibility index (Phi) is 4.40. The lowest BCUT2D eigenvalue weighted by atomic mass is 9.83. The molecule has 25 heavy (non-hydrogen) atoms. The summed E-state index contributed by atoms with van der Waals surface area (Å²) in [5.41, 5.74) is 7.95. The Balaban J connectivity index is 2.22. The van der Waals surface area contributed by atoms with E-state index in [-0.39, 0.29) is 5.88 Å². The number of methoxy groups -OCH3 is 3. The summed E-state index contributed by atoms with van der Waals surface area (Å²) in [6, 6.07) is 13.1. The van der Waals surface area contributed by atoms with E-state index in [0.29, 0.717) is 28.6 Å². The summed E-state index contributed by atoms with van der Waals surface area (Å²) in [6.07, 6.45) is 0. The van der Waals surface area contributed by atoms with Crippen LogP contribution in [-0.2, 0) is 0 Å². The maximum atomic E-state index is 9.63. The van der Waals surface area contributed by atoms with Crippen molar-refractivity contribution < 1.29 is 18.9 Å². The molecule has 1 heterocycles. The molecule has 1 aliphatic heterocycles. The number of benzene rings is 2. The molecule has 6 heteroatoms. The first-order valence-electron chi connectivity index (χ1n) is 7.60. The van der Waals surface area contributed by atoms with Crippen LogP contribution in [0.5, 0.6) is 23.0 Å². The Morgan fingerprint density at radius 1 is 0.960 bits per heavy atom. The average Bonchev–Trinajstić information content (AvgIpc) is 2.65. The van der Waals surface area contributed by atoms with Gasteiger partial charge in [-0.1, -0.05) is 12.1 Å². The van der Waals surface area contributed by atoms with Crippen LogP contribution in [0.15, 0.2) is 47.9 Å². The van der Waals surface area contributed by atoms with E-state index in [2.05, 4.69) is 6.07 Å². The molecule has 0 radical (unpaired) electrons. The van der Waals surface area contributed by atoms with Crippen LogP contribution >= 0.6 is 0 Å². The quantitative estimate of drug-likeness (QED) is 0.922. The standard InChI is InChI=1S/C19H18N2O4/c1-22-11-4-6-13(16(8-11)24-3)18-14-7-5-12(23-2)9-17(14)25-19(21)15(18)10-20/h4-9,18H,21H2,1-3H3/t18-/m1/s1. The minimum Gasteiger partial charge on any atom is -0.497 e. The van der Waals surface area contributed by atoms with Crippen LogP contribution in [0.25, 0.3) is 0 Å². The molecule has 0 spiro atoms. The lowest BCUT2D eigenvalue weighted by Crippen LogP contribution is -2.21. The molecule has 0 saturated heterocycles. The molecule has 3 rings (SSSR count). The van der Waals surface area contributed by atoms with Crippen LogP contribution in [0.1, 0.15) is 17.0 Å². The molecule has 0 saturated carbocycles. The van der Waals surface area contributed by atoms with Gasteiger partial charge in [-0.25, -0.2) is 0 Å². The highest BCUT2D eigenvalue weighted by Crippen LogP contribution is 2.46. The Labute approximate surface area is 146 Å². The van der Waals surface area contributed by atoms with Gasteiger partial charge in [0.05, 0.1) is 27.2 Å². The molecule has 128 valence electrons. The van der Waals surface area contributed by atoms with Crippen molar-refractivity contribution in [2.75, 3.05) is 21.3 Å². The molecule has 0 aliphatic carbocycles. The van der Waals surface area contributed by atoms with Crippen molar-refractivity contribution in [3.63, 3.8) is 0 Å². The third-order valence-electron chi connectivity index (χ3n) is 4.18. The molecule has 2 aromatic carbocycles. The highest BCUT2D eigenvalue weighted by molar-refractivity contribution is 5.60. The molecule has 1 aliphatic rings. The predicted octanol–water partition coefficient (Wildman–Crippen LogP) is 2.93. The van der Waals surface area contributed by atoms with Gasteiger partial charge < -0.3 is 24.7 Å². The average molecular weight is 338 g/mol. The number of fused-ring (bicyclic) bond motifs is 1. The van der Waals surface area contributed by atoms with Crippen molar-refractivity contribution in [1.82, 2.24) is 0 Å². The minimum absolute atomic E-state index is 0.0751. The van der Waals surface area contributed by atoms with E-state index < -0.39 is 5.92 Å². The van der Waals surface area contributed by atoms with E-state index in [1.54, 1.807) is 33.5 Å². The first kappa shape index (κ1) is 16.5. The molecule has 2 aromatic rings. The normalized spacial score (nSPS) is 15.7. The Hall–Kier alpha value is -3.33. The number of nitrogens with zero attached hydrogens (tertiary/aromatic N) is 1. The van der Waals surface area contributed by atoms with Crippen LogP contribution in [0, 0.1) is 11.3 Å². The Bertz CT molecular complexity index is 883. The second kappa shape index (κ2) is 6.65. The topological polar surface area (TPSA) is 86.7 Å². The molecule has 1 atom stereocenters. The Morgan fingerprint density at radius 3 is 2.20 bits per heavy atom. The third-order valence-corrected chi connectivity index (χ3v) is 4.18. The number of nitrogens with two attached hydrogens (primary N) is 1. The predicted molar refractivity (Wildman–Crippen MR) is 91.8 cm³/mol. The lowest BCUT2D eigenvalue weighted by molar-refractivity contribution is 0.375. The SMILES string of the molecule is COc1ccc([C@H]2C(C#N)=C(N)Oc3cc(OC)ccc32)c(OC)c1. The monoisotopic (exact) mass is 338 g/mol. The van der Waals surface area contributed by atoms with Gasteiger partial charge in [-0.2, -0.15) is 5.26 Å². The summed E-state index contributed by atoms with van der Waals surface area (Å²) in [6.45, 7) is 0.